The highest BCUT2D eigenvalue weighted by Crippen LogP contribution is 2.13. The highest BCUT2D eigenvalue weighted by Gasteiger charge is 2.11. The van der Waals surface area contributed by atoms with Crippen molar-refractivity contribution in [3.63, 3.8) is 0 Å². The minimum atomic E-state index is -0.819. The Balaban J connectivity index is 3.18. The van der Waals surface area contributed by atoms with E-state index in [0.717, 1.165) is 25.7 Å². The molecule has 0 aromatic carbocycles. The van der Waals surface area contributed by atoms with Gasteiger partial charge >= 0.3 is 11.9 Å². The first kappa shape index (κ1) is 14.4. The lowest BCUT2D eigenvalue weighted by Crippen LogP contribution is -2.11. The maximum absolute atomic E-state index is 10.4. The smallest absolute Gasteiger partial charge is 0.317 e. The van der Waals surface area contributed by atoms with Gasteiger partial charge in [0.05, 0.1) is 0 Å². The Kier molecular flexibility index (Phi) is 8.37. The number of halogens is 1. The van der Waals surface area contributed by atoms with Gasteiger partial charge in [0, 0.05) is 6.42 Å². The summed E-state index contributed by atoms with van der Waals surface area (Å²) < 4.78 is 0. The molecule has 0 spiro atoms. The van der Waals surface area contributed by atoms with Crippen molar-refractivity contribution in [1.82, 2.24) is 0 Å². The van der Waals surface area contributed by atoms with E-state index in [2.05, 4.69) is 15.9 Å². The third-order valence-corrected chi connectivity index (χ3v) is 2.97. The van der Waals surface area contributed by atoms with Gasteiger partial charge in [0.2, 0.25) is 0 Å². The van der Waals surface area contributed by atoms with Gasteiger partial charge in [-0.1, -0.05) is 41.6 Å². The van der Waals surface area contributed by atoms with Gasteiger partial charge < -0.3 is 10.2 Å². The van der Waals surface area contributed by atoms with Gasteiger partial charge in [-0.25, -0.2) is 0 Å². The van der Waals surface area contributed by atoms with Crippen LogP contribution in [0.1, 0.15) is 44.9 Å². The normalized spacial score (nSPS) is 12.3. The SMILES string of the molecule is O=C(O)CCCCCCCC(Br)C(=O)O. The molecule has 0 aromatic heterocycles. The number of aliphatic carboxylic acids is 2. The first-order valence-corrected chi connectivity index (χ1v) is 6.04. The summed E-state index contributed by atoms with van der Waals surface area (Å²) in [6, 6.07) is 0. The monoisotopic (exact) mass is 280 g/mol. The Labute approximate surface area is 97.8 Å². The van der Waals surface area contributed by atoms with Gasteiger partial charge in [-0.15, -0.1) is 0 Å². The molecule has 88 valence electrons. The van der Waals surface area contributed by atoms with Crippen LogP contribution in [0.3, 0.4) is 0 Å². The molecule has 0 saturated heterocycles. The topological polar surface area (TPSA) is 74.6 Å². The second kappa shape index (κ2) is 8.71. The van der Waals surface area contributed by atoms with Crippen molar-refractivity contribution < 1.29 is 19.8 Å². The lowest BCUT2D eigenvalue weighted by Gasteiger charge is -2.03. The number of unbranched alkanes of at least 4 members (excludes halogenated alkanes) is 4. The van der Waals surface area contributed by atoms with E-state index in [1.54, 1.807) is 0 Å². The fourth-order valence-corrected chi connectivity index (χ4v) is 1.58. The maximum Gasteiger partial charge on any atom is 0.317 e. The molecule has 5 heteroatoms. The lowest BCUT2D eigenvalue weighted by molar-refractivity contribution is -0.137. The van der Waals surface area contributed by atoms with Crippen molar-refractivity contribution in [2.75, 3.05) is 0 Å². The van der Waals surface area contributed by atoms with E-state index >= 15 is 0 Å². The summed E-state index contributed by atoms with van der Waals surface area (Å²) in [5.41, 5.74) is 0. The minimum Gasteiger partial charge on any atom is -0.481 e. The molecule has 0 aliphatic heterocycles. The third-order valence-electron chi connectivity index (χ3n) is 2.12. The highest BCUT2D eigenvalue weighted by molar-refractivity contribution is 9.10. The zero-order valence-electron chi connectivity index (χ0n) is 8.62. The molecule has 0 aliphatic rings. The van der Waals surface area contributed by atoms with Crippen LogP contribution in [0.15, 0.2) is 0 Å². The van der Waals surface area contributed by atoms with E-state index in [1.807, 2.05) is 0 Å². The van der Waals surface area contributed by atoms with Gasteiger partial charge in [0.1, 0.15) is 4.83 Å². The molecule has 1 atom stereocenters. The van der Waals surface area contributed by atoms with Crippen molar-refractivity contribution in [2.45, 2.75) is 49.8 Å². The van der Waals surface area contributed by atoms with Crippen LogP contribution < -0.4 is 0 Å². The molecule has 0 saturated carbocycles. The molecule has 0 aliphatic carbocycles. The summed E-state index contributed by atoms with van der Waals surface area (Å²) in [6.07, 6.45) is 5.31. The van der Waals surface area contributed by atoms with Crippen LogP contribution >= 0.6 is 15.9 Å². The molecule has 0 bridgehead atoms. The van der Waals surface area contributed by atoms with Gasteiger partial charge in [0.15, 0.2) is 0 Å². The largest absolute Gasteiger partial charge is 0.481 e. The number of carboxylic acids is 2. The van der Waals surface area contributed by atoms with Crippen molar-refractivity contribution in [1.29, 1.82) is 0 Å². The van der Waals surface area contributed by atoms with Crippen molar-refractivity contribution in [3.05, 3.63) is 0 Å². The average Bonchev–Trinajstić information content (AvgIpc) is 2.15. The fourth-order valence-electron chi connectivity index (χ4n) is 1.25. The number of hydrogen-bond donors (Lipinski definition) is 2. The molecule has 15 heavy (non-hydrogen) atoms. The van der Waals surface area contributed by atoms with Gasteiger partial charge in [-0.2, -0.15) is 0 Å². The predicted octanol–water partition coefficient (Wildman–Crippen LogP) is 2.65. The molecule has 0 rings (SSSR count). The third kappa shape index (κ3) is 9.72. The summed E-state index contributed by atoms with van der Waals surface area (Å²) >= 11 is 3.07. The van der Waals surface area contributed by atoms with Gasteiger partial charge in [0.25, 0.3) is 0 Å². The van der Waals surface area contributed by atoms with E-state index < -0.39 is 16.8 Å². The van der Waals surface area contributed by atoms with Crippen molar-refractivity contribution in [2.24, 2.45) is 0 Å². The van der Waals surface area contributed by atoms with Crippen LogP contribution in [-0.2, 0) is 9.59 Å². The standard InChI is InChI=1S/C10H17BrO4/c11-8(10(14)15)6-4-2-1-3-5-7-9(12)13/h8H,1-7H2,(H,12,13)(H,14,15). The zero-order valence-corrected chi connectivity index (χ0v) is 10.2. The number of carboxylic acid groups (broad SMARTS) is 2. The Morgan fingerprint density at radius 3 is 2.07 bits per heavy atom. The first-order chi connectivity index (χ1) is 7.04. The lowest BCUT2D eigenvalue weighted by atomic mass is 10.1. The predicted molar refractivity (Wildman–Crippen MR) is 60.3 cm³/mol. The highest BCUT2D eigenvalue weighted by atomic mass is 79.9. The van der Waals surface area contributed by atoms with E-state index in [1.165, 1.54) is 0 Å². The molecule has 1 unspecified atom stereocenters. The molecule has 0 heterocycles. The molecular weight excluding hydrogens is 264 g/mol. The van der Waals surface area contributed by atoms with Crippen LogP contribution in [-0.4, -0.2) is 27.0 Å². The van der Waals surface area contributed by atoms with Crippen molar-refractivity contribution >= 4 is 27.9 Å². The Hall–Kier alpha value is -0.580. The molecule has 2 N–H and O–H groups in total. The molecule has 0 amide bonds. The Morgan fingerprint density at radius 1 is 1.00 bits per heavy atom. The van der Waals surface area contributed by atoms with E-state index in [-0.39, 0.29) is 6.42 Å². The fraction of sp³-hybridized carbons (Fsp3) is 0.800. The first-order valence-electron chi connectivity index (χ1n) is 5.12. The second-order valence-electron chi connectivity index (χ2n) is 3.51. The Morgan fingerprint density at radius 2 is 1.53 bits per heavy atom. The van der Waals surface area contributed by atoms with Crippen LogP contribution in [0, 0.1) is 0 Å². The number of hydrogen-bond acceptors (Lipinski definition) is 2. The number of carbonyl (C=O) groups is 2. The van der Waals surface area contributed by atoms with E-state index in [9.17, 15) is 9.59 Å². The summed E-state index contributed by atoms with van der Waals surface area (Å²) in [7, 11) is 0. The zero-order chi connectivity index (χ0) is 11.7. The van der Waals surface area contributed by atoms with Crippen LogP contribution in [0.4, 0.5) is 0 Å². The summed E-state index contributed by atoms with van der Waals surface area (Å²) in [5, 5.41) is 17.0. The molecule has 0 aromatic rings. The van der Waals surface area contributed by atoms with Crippen molar-refractivity contribution in [3.8, 4) is 0 Å². The van der Waals surface area contributed by atoms with Gasteiger partial charge in [-0.3, -0.25) is 9.59 Å². The molecule has 4 nitrogen and oxygen atoms in total. The molecule has 0 radical (unpaired) electrons. The minimum absolute atomic E-state index is 0.232. The molecule has 0 fully saturated rings. The van der Waals surface area contributed by atoms with E-state index in [4.69, 9.17) is 10.2 Å². The number of rotatable bonds is 9. The Bertz CT molecular complexity index is 206. The maximum atomic E-state index is 10.4. The second-order valence-corrected chi connectivity index (χ2v) is 4.61. The summed E-state index contributed by atoms with van der Waals surface area (Å²) in [5.74, 6) is -1.57. The number of alkyl halides is 1. The quantitative estimate of drug-likeness (QED) is 0.503. The van der Waals surface area contributed by atoms with Crippen LogP contribution in [0.2, 0.25) is 0 Å². The molecular formula is C10H17BrO4. The summed E-state index contributed by atoms with van der Waals surface area (Å²) in [6.45, 7) is 0. The van der Waals surface area contributed by atoms with Gasteiger partial charge in [-0.05, 0) is 12.8 Å². The summed E-state index contributed by atoms with van der Waals surface area (Å²) in [4.78, 5) is 20.2. The van der Waals surface area contributed by atoms with Crippen LogP contribution in [0.5, 0.6) is 0 Å². The van der Waals surface area contributed by atoms with Crippen LogP contribution in [0.25, 0.3) is 0 Å². The van der Waals surface area contributed by atoms with E-state index in [0.29, 0.717) is 12.8 Å². The average molecular weight is 281 g/mol.